The van der Waals surface area contributed by atoms with Gasteiger partial charge >= 0.3 is 0 Å². The molecule has 138 valence electrons. The van der Waals surface area contributed by atoms with Crippen molar-refractivity contribution >= 4 is 5.91 Å². The molecule has 0 saturated carbocycles. The minimum atomic E-state index is -0.333. The number of nitrogens with zero attached hydrogens (tertiary/aromatic N) is 3. The van der Waals surface area contributed by atoms with Gasteiger partial charge in [0.25, 0.3) is 0 Å². The number of benzene rings is 1. The van der Waals surface area contributed by atoms with E-state index in [-0.39, 0.29) is 18.1 Å². The van der Waals surface area contributed by atoms with Gasteiger partial charge in [0, 0.05) is 45.3 Å². The first-order chi connectivity index (χ1) is 12.1. The van der Waals surface area contributed by atoms with Crippen molar-refractivity contribution in [3.05, 3.63) is 35.9 Å². The summed E-state index contributed by atoms with van der Waals surface area (Å²) in [5.41, 5.74) is 1.35. The van der Waals surface area contributed by atoms with E-state index in [0.717, 1.165) is 52.1 Å². The van der Waals surface area contributed by atoms with Crippen molar-refractivity contribution in [1.29, 1.82) is 0 Å². The van der Waals surface area contributed by atoms with Gasteiger partial charge < -0.3 is 10.0 Å². The molecule has 0 radical (unpaired) electrons. The van der Waals surface area contributed by atoms with Crippen molar-refractivity contribution in [1.82, 2.24) is 14.7 Å². The molecule has 0 spiro atoms. The van der Waals surface area contributed by atoms with Crippen LogP contribution in [0.15, 0.2) is 30.3 Å². The molecule has 0 aliphatic carbocycles. The normalized spacial score (nSPS) is 23.8. The average molecular weight is 345 g/mol. The summed E-state index contributed by atoms with van der Waals surface area (Å²) in [4.78, 5) is 19.4. The minimum Gasteiger partial charge on any atom is -0.393 e. The van der Waals surface area contributed by atoms with Gasteiger partial charge in [-0.05, 0) is 31.7 Å². The van der Waals surface area contributed by atoms with Crippen molar-refractivity contribution in [3.63, 3.8) is 0 Å². The molecule has 2 heterocycles. The lowest BCUT2D eigenvalue weighted by Crippen LogP contribution is -2.50. The summed E-state index contributed by atoms with van der Waals surface area (Å²) in [6.07, 6.45) is 2.46. The molecule has 5 heteroatoms. The van der Waals surface area contributed by atoms with Crippen LogP contribution in [-0.2, 0) is 11.3 Å². The van der Waals surface area contributed by atoms with Gasteiger partial charge in [-0.1, -0.05) is 30.3 Å². The number of hydrogen-bond acceptors (Lipinski definition) is 4. The van der Waals surface area contributed by atoms with Crippen LogP contribution in [0.2, 0.25) is 0 Å². The topological polar surface area (TPSA) is 47.0 Å². The van der Waals surface area contributed by atoms with Gasteiger partial charge in [-0.15, -0.1) is 0 Å². The third kappa shape index (κ3) is 5.27. The van der Waals surface area contributed by atoms with Gasteiger partial charge in [0.1, 0.15) is 0 Å². The third-order valence-electron chi connectivity index (χ3n) is 5.38. The maximum Gasteiger partial charge on any atom is 0.237 e. The van der Waals surface area contributed by atoms with Gasteiger partial charge in [0.05, 0.1) is 12.6 Å². The Bertz CT molecular complexity index is 541. The first-order valence-corrected chi connectivity index (χ1v) is 9.58. The maximum absolute atomic E-state index is 12.7. The number of aliphatic hydroxyl groups excluding tert-OH is 1. The van der Waals surface area contributed by atoms with Crippen LogP contribution in [0.4, 0.5) is 0 Å². The van der Waals surface area contributed by atoms with Crippen LogP contribution in [-0.4, -0.2) is 77.1 Å². The molecule has 3 rings (SSSR count). The van der Waals surface area contributed by atoms with Crippen molar-refractivity contribution in [3.8, 4) is 0 Å². The molecular weight excluding hydrogens is 314 g/mol. The van der Waals surface area contributed by atoms with Crippen LogP contribution >= 0.6 is 0 Å². The number of aliphatic hydroxyl groups is 1. The predicted octanol–water partition coefficient (Wildman–Crippen LogP) is 1.57. The lowest BCUT2D eigenvalue weighted by Gasteiger charge is -2.35. The molecule has 2 aliphatic rings. The molecule has 2 saturated heterocycles. The highest BCUT2D eigenvalue weighted by Gasteiger charge is 2.30. The molecule has 0 bridgehead atoms. The second-order valence-corrected chi connectivity index (χ2v) is 7.51. The lowest BCUT2D eigenvalue weighted by atomic mass is 10.1. The van der Waals surface area contributed by atoms with Gasteiger partial charge in [-0.2, -0.15) is 0 Å². The summed E-state index contributed by atoms with van der Waals surface area (Å²) in [6, 6.07) is 10.8. The van der Waals surface area contributed by atoms with Gasteiger partial charge in [-0.25, -0.2) is 0 Å². The summed E-state index contributed by atoms with van der Waals surface area (Å²) in [5, 5.41) is 9.63. The SMILES string of the molecule is CC(O)CC1CCCN1C(=O)CN1CCN(Cc2ccccc2)CC1. The molecule has 0 aromatic heterocycles. The van der Waals surface area contributed by atoms with Crippen LogP contribution in [0.1, 0.15) is 31.7 Å². The lowest BCUT2D eigenvalue weighted by molar-refractivity contribution is -0.134. The van der Waals surface area contributed by atoms with E-state index in [1.807, 2.05) is 11.8 Å². The van der Waals surface area contributed by atoms with E-state index in [1.54, 1.807) is 0 Å². The van der Waals surface area contributed by atoms with Crippen molar-refractivity contribution in [2.75, 3.05) is 39.3 Å². The molecule has 1 N–H and O–H groups in total. The van der Waals surface area contributed by atoms with Gasteiger partial charge in [0.2, 0.25) is 5.91 Å². The number of likely N-dealkylation sites (tertiary alicyclic amines) is 1. The number of carbonyl (C=O) groups is 1. The Balaban J connectivity index is 1.43. The molecule has 1 aromatic rings. The van der Waals surface area contributed by atoms with E-state index in [2.05, 4.69) is 40.1 Å². The predicted molar refractivity (Wildman–Crippen MR) is 99.2 cm³/mol. The highest BCUT2D eigenvalue weighted by molar-refractivity contribution is 5.79. The largest absolute Gasteiger partial charge is 0.393 e. The number of piperazine rings is 1. The highest BCUT2D eigenvalue weighted by Crippen LogP contribution is 2.22. The van der Waals surface area contributed by atoms with Crippen molar-refractivity contribution in [2.45, 2.75) is 44.9 Å². The zero-order valence-electron chi connectivity index (χ0n) is 15.3. The molecule has 1 amide bonds. The monoisotopic (exact) mass is 345 g/mol. The second-order valence-electron chi connectivity index (χ2n) is 7.51. The molecule has 1 aromatic carbocycles. The van der Waals surface area contributed by atoms with Crippen LogP contribution in [0.5, 0.6) is 0 Å². The van der Waals surface area contributed by atoms with Crippen LogP contribution in [0.25, 0.3) is 0 Å². The first kappa shape index (κ1) is 18.4. The Morgan fingerprint density at radius 2 is 1.80 bits per heavy atom. The summed E-state index contributed by atoms with van der Waals surface area (Å²) in [7, 11) is 0. The van der Waals surface area contributed by atoms with Crippen molar-refractivity contribution < 1.29 is 9.90 Å². The first-order valence-electron chi connectivity index (χ1n) is 9.58. The quantitative estimate of drug-likeness (QED) is 0.850. The van der Waals surface area contributed by atoms with Crippen LogP contribution < -0.4 is 0 Å². The van der Waals surface area contributed by atoms with E-state index in [0.29, 0.717) is 13.0 Å². The minimum absolute atomic E-state index is 0.229. The fourth-order valence-electron chi connectivity index (χ4n) is 4.03. The Morgan fingerprint density at radius 3 is 2.48 bits per heavy atom. The van der Waals surface area contributed by atoms with E-state index in [1.165, 1.54) is 5.56 Å². The zero-order valence-corrected chi connectivity index (χ0v) is 15.3. The number of hydrogen-bond donors (Lipinski definition) is 1. The fraction of sp³-hybridized carbons (Fsp3) is 0.650. The Hall–Kier alpha value is -1.43. The van der Waals surface area contributed by atoms with Crippen molar-refractivity contribution in [2.24, 2.45) is 0 Å². The van der Waals surface area contributed by atoms with E-state index in [4.69, 9.17) is 0 Å². The maximum atomic E-state index is 12.7. The van der Waals surface area contributed by atoms with E-state index < -0.39 is 0 Å². The summed E-state index contributed by atoms with van der Waals surface area (Å²) >= 11 is 0. The second kappa shape index (κ2) is 8.79. The number of carbonyl (C=O) groups excluding carboxylic acids is 1. The molecule has 2 fully saturated rings. The average Bonchev–Trinajstić information content (AvgIpc) is 3.05. The van der Waals surface area contributed by atoms with E-state index in [9.17, 15) is 9.90 Å². The van der Waals surface area contributed by atoms with Crippen LogP contribution in [0.3, 0.4) is 0 Å². The summed E-state index contributed by atoms with van der Waals surface area (Å²) < 4.78 is 0. The van der Waals surface area contributed by atoms with E-state index >= 15 is 0 Å². The molecular formula is C20H31N3O2. The molecule has 2 atom stereocenters. The van der Waals surface area contributed by atoms with Crippen LogP contribution in [0, 0.1) is 0 Å². The Kier molecular flexibility index (Phi) is 6.45. The third-order valence-corrected chi connectivity index (χ3v) is 5.38. The molecule has 2 aliphatic heterocycles. The van der Waals surface area contributed by atoms with Gasteiger partial charge in [0.15, 0.2) is 0 Å². The molecule has 2 unspecified atom stereocenters. The smallest absolute Gasteiger partial charge is 0.237 e. The summed E-state index contributed by atoms with van der Waals surface area (Å²) in [6.45, 7) is 8.11. The Labute approximate surface area is 151 Å². The molecule has 25 heavy (non-hydrogen) atoms. The Morgan fingerprint density at radius 1 is 1.12 bits per heavy atom. The number of rotatable bonds is 6. The summed E-state index contributed by atoms with van der Waals surface area (Å²) in [5.74, 6) is 0.236. The number of amides is 1. The zero-order chi connectivity index (χ0) is 17.6. The highest BCUT2D eigenvalue weighted by atomic mass is 16.3. The molecule has 5 nitrogen and oxygen atoms in total. The van der Waals surface area contributed by atoms with Gasteiger partial charge in [-0.3, -0.25) is 14.6 Å². The standard InChI is InChI=1S/C20H31N3O2/c1-17(24)14-19-8-5-9-23(19)20(25)16-22-12-10-21(11-13-22)15-18-6-3-2-4-7-18/h2-4,6-7,17,19,24H,5,8-16H2,1H3. The fourth-order valence-corrected chi connectivity index (χ4v) is 4.03.